The van der Waals surface area contributed by atoms with Crippen LogP contribution in [0.1, 0.15) is 36.7 Å². The molecule has 30 heavy (non-hydrogen) atoms. The Bertz CT molecular complexity index is 1050. The largest absolute Gasteiger partial charge is 0.455 e. The second-order valence-corrected chi connectivity index (χ2v) is 7.37. The molecule has 0 N–H and O–H groups in total. The van der Waals surface area contributed by atoms with E-state index >= 15 is 0 Å². The highest BCUT2D eigenvalue weighted by Gasteiger charge is 2.18. The lowest BCUT2D eigenvalue weighted by atomic mass is 10.1. The SMILES string of the molecule is Cc1nn(CC(C)C)c(C)c1CC(=O)OCc1nnc(-c2ccc([N+](=O)[O-])cc2)o1. The molecule has 0 fully saturated rings. The molecule has 158 valence electrons. The monoisotopic (exact) mass is 413 g/mol. The molecule has 2 aromatic heterocycles. The number of carbonyl (C=O) groups excluding carboxylic acids is 1. The molecule has 0 aliphatic rings. The van der Waals surface area contributed by atoms with E-state index in [9.17, 15) is 14.9 Å². The lowest BCUT2D eigenvalue weighted by Crippen LogP contribution is -2.11. The molecule has 0 spiro atoms. The summed E-state index contributed by atoms with van der Waals surface area (Å²) in [6.07, 6.45) is 0.110. The number of rotatable bonds is 8. The first-order valence-corrected chi connectivity index (χ1v) is 9.50. The number of benzene rings is 1. The van der Waals surface area contributed by atoms with Gasteiger partial charge >= 0.3 is 5.97 Å². The number of aryl methyl sites for hydroxylation is 1. The first-order chi connectivity index (χ1) is 14.2. The number of aromatic nitrogens is 4. The fourth-order valence-corrected chi connectivity index (χ4v) is 3.01. The molecule has 0 radical (unpaired) electrons. The molecule has 1 aromatic carbocycles. The average Bonchev–Trinajstić information content (AvgIpc) is 3.27. The topological polar surface area (TPSA) is 126 Å². The van der Waals surface area contributed by atoms with Crippen LogP contribution >= 0.6 is 0 Å². The highest BCUT2D eigenvalue weighted by molar-refractivity contribution is 5.73. The predicted octanol–water partition coefficient (Wildman–Crippen LogP) is 3.40. The van der Waals surface area contributed by atoms with Gasteiger partial charge in [0.1, 0.15) is 0 Å². The zero-order chi connectivity index (χ0) is 21.8. The molecular weight excluding hydrogens is 390 g/mol. The maximum Gasteiger partial charge on any atom is 0.310 e. The Labute approximate surface area is 173 Å². The standard InChI is InChI=1S/C20H23N5O5/c1-12(2)10-24-14(4)17(13(3)23-24)9-19(26)29-11-18-21-22-20(30-18)15-5-7-16(8-6-15)25(27)28/h5-8,12H,9-11H2,1-4H3. The molecule has 0 bridgehead atoms. The molecule has 10 nitrogen and oxygen atoms in total. The molecule has 0 aliphatic carbocycles. The van der Waals surface area contributed by atoms with E-state index in [0.717, 1.165) is 23.5 Å². The summed E-state index contributed by atoms with van der Waals surface area (Å²) in [4.78, 5) is 22.5. The van der Waals surface area contributed by atoms with E-state index in [4.69, 9.17) is 9.15 Å². The van der Waals surface area contributed by atoms with Crippen molar-refractivity contribution in [2.75, 3.05) is 0 Å². The molecule has 3 aromatic rings. The summed E-state index contributed by atoms with van der Waals surface area (Å²) in [5.74, 6) is 0.365. The summed E-state index contributed by atoms with van der Waals surface area (Å²) in [5.41, 5.74) is 3.13. The van der Waals surface area contributed by atoms with Crippen molar-refractivity contribution < 1.29 is 18.9 Å². The minimum Gasteiger partial charge on any atom is -0.455 e. The zero-order valence-corrected chi connectivity index (χ0v) is 17.3. The van der Waals surface area contributed by atoms with Gasteiger partial charge < -0.3 is 9.15 Å². The predicted molar refractivity (Wildman–Crippen MR) is 106 cm³/mol. The van der Waals surface area contributed by atoms with Crippen molar-refractivity contribution in [3.63, 3.8) is 0 Å². The number of carbonyl (C=O) groups is 1. The van der Waals surface area contributed by atoms with E-state index in [-0.39, 0.29) is 30.5 Å². The fourth-order valence-electron chi connectivity index (χ4n) is 3.01. The van der Waals surface area contributed by atoms with Crippen LogP contribution in [0.2, 0.25) is 0 Å². The zero-order valence-electron chi connectivity index (χ0n) is 17.3. The highest BCUT2D eigenvalue weighted by Crippen LogP contribution is 2.21. The van der Waals surface area contributed by atoms with Crippen molar-refractivity contribution >= 4 is 11.7 Å². The summed E-state index contributed by atoms with van der Waals surface area (Å²) < 4.78 is 12.7. The number of hydrogen-bond acceptors (Lipinski definition) is 8. The van der Waals surface area contributed by atoms with E-state index < -0.39 is 10.9 Å². The van der Waals surface area contributed by atoms with Crippen molar-refractivity contribution in [1.29, 1.82) is 0 Å². The summed E-state index contributed by atoms with van der Waals surface area (Å²) in [5, 5.41) is 23.0. The van der Waals surface area contributed by atoms with Crippen molar-refractivity contribution in [3.8, 4) is 11.5 Å². The normalized spacial score (nSPS) is 11.1. The highest BCUT2D eigenvalue weighted by atomic mass is 16.6. The van der Waals surface area contributed by atoms with E-state index in [1.165, 1.54) is 24.3 Å². The molecule has 0 saturated heterocycles. The average molecular weight is 413 g/mol. The van der Waals surface area contributed by atoms with Crippen molar-refractivity contribution in [1.82, 2.24) is 20.0 Å². The summed E-state index contributed by atoms with van der Waals surface area (Å²) in [6.45, 7) is 8.67. The Morgan fingerprint density at radius 2 is 1.93 bits per heavy atom. The fraction of sp³-hybridized carbons (Fsp3) is 0.400. The van der Waals surface area contributed by atoms with E-state index in [2.05, 4.69) is 29.1 Å². The Morgan fingerprint density at radius 3 is 2.57 bits per heavy atom. The molecule has 0 aliphatic heterocycles. The number of nitro groups is 1. The molecule has 0 saturated carbocycles. The van der Waals surface area contributed by atoms with Crippen LogP contribution in [0.4, 0.5) is 5.69 Å². The van der Waals surface area contributed by atoms with E-state index in [1.54, 1.807) is 0 Å². The van der Waals surface area contributed by atoms with Gasteiger partial charge in [-0.2, -0.15) is 5.10 Å². The van der Waals surface area contributed by atoms with Crippen molar-refractivity contribution in [2.45, 2.75) is 47.3 Å². The smallest absolute Gasteiger partial charge is 0.310 e. The van der Waals surface area contributed by atoms with Crippen LogP contribution in [0.15, 0.2) is 28.7 Å². The second kappa shape index (κ2) is 8.85. The van der Waals surface area contributed by atoms with Gasteiger partial charge in [0.05, 0.1) is 17.0 Å². The number of hydrogen-bond donors (Lipinski definition) is 0. The van der Waals surface area contributed by atoms with Crippen LogP contribution in [-0.2, 0) is 29.1 Å². The molecule has 10 heteroatoms. The minimum absolute atomic E-state index is 0.0327. The van der Waals surface area contributed by atoms with Gasteiger partial charge in [0.15, 0.2) is 6.61 Å². The maximum absolute atomic E-state index is 12.3. The Balaban J connectivity index is 1.59. The van der Waals surface area contributed by atoms with Gasteiger partial charge in [-0.05, 0) is 31.9 Å². The quantitative estimate of drug-likeness (QED) is 0.312. The minimum atomic E-state index is -0.488. The van der Waals surface area contributed by atoms with Gasteiger partial charge in [-0.1, -0.05) is 13.8 Å². The van der Waals surface area contributed by atoms with Crippen molar-refractivity contribution in [3.05, 3.63) is 57.2 Å². The lowest BCUT2D eigenvalue weighted by molar-refractivity contribution is -0.384. The van der Waals surface area contributed by atoms with Crippen LogP contribution < -0.4 is 0 Å². The molecule has 0 unspecified atom stereocenters. The van der Waals surface area contributed by atoms with E-state index in [1.807, 2.05) is 18.5 Å². The summed E-state index contributed by atoms with van der Waals surface area (Å²) in [7, 11) is 0. The number of non-ortho nitro benzene ring substituents is 1. The summed E-state index contributed by atoms with van der Waals surface area (Å²) in [6, 6.07) is 5.73. The first kappa shape index (κ1) is 21.2. The van der Waals surface area contributed by atoms with Gasteiger partial charge in [-0.3, -0.25) is 19.6 Å². The number of esters is 1. The van der Waals surface area contributed by atoms with Crippen LogP contribution in [0.5, 0.6) is 0 Å². The molecule has 0 amide bonds. The molecule has 2 heterocycles. The Hall–Kier alpha value is -3.56. The lowest BCUT2D eigenvalue weighted by Gasteiger charge is -2.08. The van der Waals surface area contributed by atoms with Crippen LogP contribution in [0.3, 0.4) is 0 Å². The van der Waals surface area contributed by atoms with Gasteiger partial charge in [-0.25, -0.2) is 0 Å². The van der Waals surface area contributed by atoms with E-state index in [0.29, 0.717) is 11.5 Å². The third kappa shape index (κ3) is 4.88. The van der Waals surface area contributed by atoms with Crippen LogP contribution in [0, 0.1) is 29.9 Å². The number of ether oxygens (including phenoxy) is 1. The maximum atomic E-state index is 12.3. The van der Waals surface area contributed by atoms with Crippen LogP contribution in [0.25, 0.3) is 11.5 Å². The molecule has 0 atom stereocenters. The van der Waals surface area contributed by atoms with Gasteiger partial charge in [0.25, 0.3) is 11.6 Å². The molecule has 3 rings (SSSR count). The molecular formula is C20H23N5O5. The Morgan fingerprint density at radius 1 is 1.23 bits per heavy atom. The number of nitrogens with zero attached hydrogens (tertiary/aromatic N) is 5. The third-order valence-corrected chi connectivity index (χ3v) is 4.54. The van der Waals surface area contributed by atoms with Gasteiger partial charge in [0.2, 0.25) is 5.89 Å². The van der Waals surface area contributed by atoms with Gasteiger partial charge in [-0.15, -0.1) is 10.2 Å². The van der Waals surface area contributed by atoms with Crippen molar-refractivity contribution in [2.24, 2.45) is 5.92 Å². The third-order valence-electron chi connectivity index (χ3n) is 4.54. The first-order valence-electron chi connectivity index (χ1n) is 9.50. The van der Waals surface area contributed by atoms with Gasteiger partial charge in [0, 0.05) is 35.5 Å². The Kier molecular flexibility index (Phi) is 6.24. The summed E-state index contributed by atoms with van der Waals surface area (Å²) >= 11 is 0. The second-order valence-electron chi connectivity index (χ2n) is 7.37. The van der Waals surface area contributed by atoms with Crippen LogP contribution in [-0.4, -0.2) is 30.9 Å². The number of nitro benzene ring substituents is 1.